The van der Waals surface area contributed by atoms with Crippen LogP contribution in [-0.4, -0.2) is 15.6 Å². The normalized spacial score (nSPS) is 10.6. The fourth-order valence-corrected chi connectivity index (χ4v) is 2.98. The van der Waals surface area contributed by atoms with Crippen molar-refractivity contribution in [2.24, 2.45) is 0 Å². The number of ketones is 1. The van der Waals surface area contributed by atoms with Gasteiger partial charge in [0.15, 0.2) is 5.78 Å². The molecule has 5 heteroatoms. The minimum Gasteiger partial charge on any atom is -0.288 e. The Balaban J connectivity index is 2.29. The number of carbonyl (C=O) groups excluding carboxylic acids is 1. The van der Waals surface area contributed by atoms with Crippen molar-refractivity contribution in [3.05, 3.63) is 50.7 Å². The number of aromatic nitrogens is 2. The molecule has 94 valence electrons. The van der Waals surface area contributed by atoms with E-state index >= 15 is 0 Å². The van der Waals surface area contributed by atoms with E-state index in [0.717, 1.165) is 21.9 Å². The van der Waals surface area contributed by atoms with Crippen molar-refractivity contribution in [1.29, 1.82) is 0 Å². The number of carbonyl (C=O) groups is 1. The molecule has 0 atom stereocenters. The van der Waals surface area contributed by atoms with Gasteiger partial charge in [0.05, 0.1) is 11.8 Å². The van der Waals surface area contributed by atoms with E-state index in [2.05, 4.69) is 43.9 Å². The van der Waals surface area contributed by atoms with E-state index in [1.165, 1.54) is 0 Å². The van der Waals surface area contributed by atoms with Gasteiger partial charge in [-0.15, -0.1) is 0 Å². The van der Waals surface area contributed by atoms with E-state index in [-0.39, 0.29) is 5.78 Å². The highest BCUT2D eigenvalue weighted by Crippen LogP contribution is 2.22. The lowest BCUT2D eigenvalue weighted by molar-refractivity contribution is 0.103. The summed E-state index contributed by atoms with van der Waals surface area (Å²) in [6.45, 7) is 2.91. The van der Waals surface area contributed by atoms with Crippen molar-refractivity contribution < 1.29 is 4.79 Å². The van der Waals surface area contributed by atoms with E-state index in [1.807, 2.05) is 18.2 Å². The Kier molecular flexibility index (Phi) is 4.35. The number of halogens is 2. The van der Waals surface area contributed by atoms with E-state index in [9.17, 15) is 4.79 Å². The SMILES string of the molecule is CCCn1cc(C(=O)c2cc(Br)cc(Br)c2)cn1. The molecule has 0 radical (unpaired) electrons. The second kappa shape index (κ2) is 5.80. The topological polar surface area (TPSA) is 34.9 Å². The van der Waals surface area contributed by atoms with Gasteiger partial charge >= 0.3 is 0 Å². The molecule has 18 heavy (non-hydrogen) atoms. The van der Waals surface area contributed by atoms with Crippen molar-refractivity contribution in [3.8, 4) is 0 Å². The fraction of sp³-hybridized carbons (Fsp3) is 0.231. The van der Waals surface area contributed by atoms with Crippen LogP contribution in [0.4, 0.5) is 0 Å². The van der Waals surface area contributed by atoms with Gasteiger partial charge in [-0.05, 0) is 24.6 Å². The monoisotopic (exact) mass is 370 g/mol. The van der Waals surface area contributed by atoms with E-state index in [0.29, 0.717) is 11.1 Å². The van der Waals surface area contributed by atoms with Crippen molar-refractivity contribution in [2.75, 3.05) is 0 Å². The molecule has 0 aliphatic carbocycles. The predicted molar refractivity (Wildman–Crippen MR) is 77.8 cm³/mol. The highest BCUT2D eigenvalue weighted by molar-refractivity contribution is 9.11. The average molecular weight is 372 g/mol. The lowest BCUT2D eigenvalue weighted by Gasteiger charge is -2.01. The molecule has 1 heterocycles. The molecule has 0 aliphatic rings. The van der Waals surface area contributed by atoms with Gasteiger partial charge in [-0.2, -0.15) is 5.10 Å². The van der Waals surface area contributed by atoms with Crippen LogP contribution in [0.1, 0.15) is 29.3 Å². The maximum atomic E-state index is 12.3. The molecule has 1 aromatic heterocycles. The second-order valence-electron chi connectivity index (χ2n) is 3.98. The number of nitrogens with zero attached hydrogens (tertiary/aromatic N) is 2. The summed E-state index contributed by atoms with van der Waals surface area (Å²) in [5, 5.41) is 4.17. The fourth-order valence-electron chi connectivity index (χ4n) is 1.68. The molecular formula is C13H12Br2N2O. The molecule has 2 aromatic rings. The first-order valence-electron chi connectivity index (χ1n) is 5.63. The highest BCUT2D eigenvalue weighted by atomic mass is 79.9. The van der Waals surface area contributed by atoms with E-state index in [4.69, 9.17) is 0 Å². The zero-order chi connectivity index (χ0) is 13.1. The third kappa shape index (κ3) is 3.09. The van der Waals surface area contributed by atoms with Gasteiger partial charge < -0.3 is 0 Å². The predicted octanol–water partition coefficient (Wildman–Crippen LogP) is 4.05. The van der Waals surface area contributed by atoms with E-state index in [1.54, 1.807) is 17.1 Å². The molecule has 2 rings (SSSR count). The first-order valence-corrected chi connectivity index (χ1v) is 7.22. The number of benzene rings is 1. The molecular weight excluding hydrogens is 360 g/mol. The van der Waals surface area contributed by atoms with Crippen molar-refractivity contribution >= 4 is 37.6 Å². The first-order chi connectivity index (χ1) is 8.60. The van der Waals surface area contributed by atoms with Crippen LogP contribution in [0.25, 0.3) is 0 Å². The third-order valence-corrected chi connectivity index (χ3v) is 3.39. The Morgan fingerprint density at radius 1 is 1.22 bits per heavy atom. The van der Waals surface area contributed by atoms with Crippen molar-refractivity contribution in [2.45, 2.75) is 19.9 Å². The molecule has 0 N–H and O–H groups in total. The quantitative estimate of drug-likeness (QED) is 0.760. The Bertz CT molecular complexity index is 558. The molecule has 0 spiro atoms. The van der Waals surface area contributed by atoms with Crippen LogP contribution in [-0.2, 0) is 6.54 Å². The van der Waals surface area contributed by atoms with Gasteiger partial charge in [-0.1, -0.05) is 38.8 Å². The van der Waals surface area contributed by atoms with Crippen LogP contribution >= 0.6 is 31.9 Å². The molecule has 3 nitrogen and oxygen atoms in total. The van der Waals surface area contributed by atoms with Crippen LogP contribution in [0.5, 0.6) is 0 Å². The van der Waals surface area contributed by atoms with Gasteiger partial charge in [0.25, 0.3) is 0 Å². The van der Waals surface area contributed by atoms with Gasteiger partial charge in [0.1, 0.15) is 0 Å². The number of hydrogen-bond donors (Lipinski definition) is 0. The molecule has 1 aromatic carbocycles. The van der Waals surface area contributed by atoms with Crippen LogP contribution in [0.15, 0.2) is 39.5 Å². The standard InChI is InChI=1S/C13H12Br2N2O/c1-2-3-17-8-10(7-16-17)13(18)9-4-11(14)6-12(15)5-9/h4-8H,2-3H2,1H3. The minimum atomic E-state index is -0.0145. The summed E-state index contributed by atoms with van der Waals surface area (Å²) in [6.07, 6.45) is 4.41. The van der Waals surface area contributed by atoms with Crippen LogP contribution in [0.3, 0.4) is 0 Å². The molecule has 0 unspecified atom stereocenters. The lowest BCUT2D eigenvalue weighted by Crippen LogP contribution is -2.01. The zero-order valence-corrected chi connectivity index (χ0v) is 13.0. The lowest BCUT2D eigenvalue weighted by atomic mass is 10.1. The van der Waals surface area contributed by atoms with Crippen LogP contribution in [0.2, 0.25) is 0 Å². The highest BCUT2D eigenvalue weighted by Gasteiger charge is 2.12. The summed E-state index contributed by atoms with van der Waals surface area (Å²) in [5.41, 5.74) is 1.26. The summed E-state index contributed by atoms with van der Waals surface area (Å²) < 4.78 is 3.54. The zero-order valence-electron chi connectivity index (χ0n) is 9.86. The molecule has 0 bridgehead atoms. The summed E-state index contributed by atoms with van der Waals surface area (Å²) in [7, 11) is 0. The number of rotatable bonds is 4. The van der Waals surface area contributed by atoms with Crippen LogP contribution in [0, 0.1) is 0 Å². The number of aryl methyl sites for hydroxylation is 1. The number of hydrogen-bond acceptors (Lipinski definition) is 2. The van der Waals surface area contributed by atoms with Crippen molar-refractivity contribution in [3.63, 3.8) is 0 Å². The molecule has 0 aliphatic heterocycles. The summed E-state index contributed by atoms with van der Waals surface area (Å²) in [5.74, 6) is -0.0145. The third-order valence-electron chi connectivity index (χ3n) is 2.47. The first kappa shape index (κ1) is 13.5. The summed E-state index contributed by atoms with van der Waals surface area (Å²) in [4.78, 5) is 12.3. The van der Waals surface area contributed by atoms with Crippen molar-refractivity contribution in [1.82, 2.24) is 9.78 Å². The maximum Gasteiger partial charge on any atom is 0.196 e. The van der Waals surface area contributed by atoms with Gasteiger partial charge in [-0.25, -0.2) is 0 Å². The summed E-state index contributed by atoms with van der Waals surface area (Å²) in [6, 6.07) is 5.52. The Labute approximate surface area is 122 Å². The Hall–Kier alpha value is -0.940. The average Bonchev–Trinajstić information content (AvgIpc) is 2.76. The maximum absolute atomic E-state index is 12.3. The second-order valence-corrected chi connectivity index (χ2v) is 5.81. The molecule has 0 amide bonds. The Morgan fingerprint density at radius 2 is 1.89 bits per heavy atom. The molecule has 0 saturated heterocycles. The van der Waals surface area contributed by atoms with Gasteiger partial charge in [0.2, 0.25) is 0 Å². The Morgan fingerprint density at radius 3 is 2.50 bits per heavy atom. The van der Waals surface area contributed by atoms with Gasteiger partial charge in [-0.3, -0.25) is 9.48 Å². The van der Waals surface area contributed by atoms with Crippen LogP contribution < -0.4 is 0 Å². The largest absolute Gasteiger partial charge is 0.288 e. The summed E-state index contributed by atoms with van der Waals surface area (Å²) >= 11 is 6.76. The molecule has 0 fully saturated rings. The smallest absolute Gasteiger partial charge is 0.196 e. The molecule has 0 saturated carbocycles. The minimum absolute atomic E-state index is 0.0145. The van der Waals surface area contributed by atoms with E-state index < -0.39 is 0 Å². The van der Waals surface area contributed by atoms with Gasteiger partial charge in [0, 0.05) is 27.3 Å².